The molecule has 7 aromatic carbocycles. The molecule has 0 saturated carbocycles. The average Bonchev–Trinajstić information content (AvgIpc) is 3.19. The molecule has 0 aliphatic heterocycles. The van der Waals surface area contributed by atoms with Gasteiger partial charge in [0.05, 0.1) is 22.1 Å². The zero-order valence-electron chi connectivity index (χ0n) is 29.7. The molecule has 9 rings (SSSR count). The molecule has 0 saturated heterocycles. The molecule has 2 heterocycles. The summed E-state index contributed by atoms with van der Waals surface area (Å²) in [5.74, 6) is 0. The summed E-state index contributed by atoms with van der Waals surface area (Å²) in [6.45, 7) is 5.89. The number of aromatic nitrogens is 2. The second-order valence-corrected chi connectivity index (χ2v) is 14.1. The third kappa shape index (κ3) is 5.12. The molecule has 0 aliphatic carbocycles. The first-order valence-corrected chi connectivity index (χ1v) is 18.6. The number of aryl methyl sites for hydroxylation is 2. The van der Waals surface area contributed by atoms with Crippen LogP contribution in [0.25, 0.3) is 87.4 Å². The Morgan fingerprint density at radius 2 is 0.808 bits per heavy atom. The van der Waals surface area contributed by atoms with Crippen LogP contribution < -0.4 is 10.9 Å². The highest BCUT2D eigenvalue weighted by Crippen LogP contribution is 2.34. The van der Waals surface area contributed by atoms with E-state index in [4.69, 9.17) is 0 Å². The van der Waals surface area contributed by atoms with Crippen LogP contribution in [0.1, 0.15) is 39.5 Å². The molecule has 9 aromatic rings. The number of unbranched alkanes of at least 4 members (excludes halogenated alkanes) is 2. The Morgan fingerprint density at radius 1 is 0.404 bits per heavy atom. The van der Waals surface area contributed by atoms with E-state index in [9.17, 15) is 9.59 Å². The summed E-state index contributed by atoms with van der Waals surface area (Å²) in [5.41, 5.74) is 7.72. The van der Waals surface area contributed by atoms with E-state index < -0.39 is 0 Å². The van der Waals surface area contributed by atoms with Crippen molar-refractivity contribution in [1.82, 2.24) is 9.13 Å². The van der Waals surface area contributed by atoms with Gasteiger partial charge in [0.1, 0.15) is 0 Å². The molecule has 254 valence electrons. The third-order valence-corrected chi connectivity index (χ3v) is 10.9. The van der Waals surface area contributed by atoms with Crippen molar-refractivity contribution in [1.29, 1.82) is 0 Å². The Morgan fingerprint density at radius 3 is 1.25 bits per heavy atom. The molecule has 0 N–H and O–H groups in total. The summed E-state index contributed by atoms with van der Waals surface area (Å²) in [6.07, 6.45) is 3.95. The van der Waals surface area contributed by atoms with E-state index in [1.807, 2.05) is 12.1 Å². The van der Waals surface area contributed by atoms with Crippen LogP contribution >= 0.6 is 0 Å². The van der Waals surface area contributed by atoms with Gasteiger partial charge in [-0.2, -0.15) is 0 Å². The zero-order valence-corrected chi connectivity index (χ0v) is 29.7. The first-order chi connectivity index (χ1) is 25.6. The van der Waals surface area contributed by atoms with Crippen molar-refractivity contribution in [2.75, 3.05) is 0 Å². The molecular weight excluding hydrogens is 637 g/mol. The van der Waals surface area contributed by atoms with Gasteiger partial charge in [-0.05, 0) is 93.0 Å². The van der Waals surface area contributed by atoms with Gasteiger partial charge in [0, 0.05) is 34.6 Å². The fourth-order valence-corrected chi connectivity index (χ4v) is 8.25. The SMILES string of the molecule is CCCCn1c2ccc(-c3cccc4ccccc34)cc2c(=O)c2cc3c(cc21)c(=O)c1cc(-c2cccc4ccccc24)ccc1n3CCCC. The third-order valence-electron chi connectivity index (χ3n) is 10.9. The molecule has 0 spiro atoms. The number of pyridine rings is 2. The smallest absolute Gasteiger partial charge is 0.197 e. The number of fused-ring (bicyclic) bond motifs is 6. The number of hydrogen-bond donors (Lipinski definition) is 0. The fraction of sp³-hybridized carbons (Fsp3) is 0.167. The lowest BCUT2D eigenvalue weighted by Gasteiger charge is -2.20. The largest absolute Gasteiger partial charge is 0.340 e. The van der Waals surface area contributed by atoms with Crippen LogP contribution in [0, 0.1) is 0 Å². The Bertz CT molecular complexity index is 2770. The van der Waals surface area contributed by atoms with E-state index in [2.05, 4.69) is 144 Å². The normalized spacial score (nSPS) is 11.9. The van der Waals surface area contributed by atoms with Gasteiger partial charge in [-0.25, -0.2) is 0 Å². The van der Waals surface area contributed by atoms with Crippen LogP contribution in [0.5, 0.6) is 0 Å². The molecule has 0 radical (unpaired) electrons. The van der Waals surface area contributed by atoms with Crippen LogP contribution in [0.3, 0.4) is 0 Å². The van der Waals surface area contributed by atoms with Crippen molar-refractivity contribution >= 4 is 65.2 Å². The Labute approximate surface area is 302 Å². The molecule has 0 amide bonds. The van der Waals surface area contributed by atoms with Crippen LogP contribution in [0.4, 0.5) is 0 Å². The second-order valence-electron chi connectivity index (χ2n) is 14.1. The topological polar surface area (TPSA) is 44.0 Å². The fourth-order valence-electron chi connectivity index (χ4n) is 8.25. The van der Waals surface area contributed by atoms with Crippen LogP contribution in [0.2, 0.25) is 0 Å². The Hall–Kier alpha value is -6.00. The standard InChI is InChI=1S/C48H40N2O2/c1-3-5-25-49-43-23-21-33(37-19-11-15-31-13-7-9-17-35(31)37)27-39(43)47(51)41-30-46-42(29-45(41)49)48(52)40-28-34(22-24-44(40)50(46)26-6-4-2)38-20-12-16-32-14-8-10-18-36(32)38/h7-24,27-30H,3-6,25-26H2,1-2H3. The van der Waals surface area contributed by atoms with E-state index in [0.717, 1.165) is 93.9 Å². The monoisotopic (exact) mass is 676 g/mol. The summed E-state index contributed by atoms with van der Waals surface area (Å²) < 4.78 is 4.54. The van der Waals surface area contributed by atoms with Crippen molar-refractivity contribution in [3.8, 4) is 22.3 Å². The van der Waals surface area contributed by atoms with Gasteiger partial charge in [-0.3, -0.25) is 9.59 Å². The van der Waals surface area contributed by atoms with Gasteiger partial charge in [0.15, 0.2) is 10.9 Å². The van der Waals surface area contributed by atoms with Gasteiger partial charge in [-0.1, -0.05) is 124 Å². The lowest BCUT2D eigenvalue weighted by atomic mass is 9.95. The number of benzene rings is 7. The van der Waals surface area contributed by atoms with E-state index in [1.54, 1.807) is 0 Å². The van der Waals surface area contributed by atoms with Crippen molar-refractivity contribution in [2.45, 2.75) is 52.6 Å². The summed E-state index contributed by atoms with van der Waals surface area (Å²) in [7, 11) is 0. The average molecular weight is 677 g/mol. The van der Waals surface area contributed by atoms with Crippen LogP contribution in [0.15, 0.2) is 143 Å². The quantitative estimate of drug-likeness (QED) is 0.150. The number of nitrogens with zero attached hydrogens (tertiary/aromatic N) is 2. The highest BCUT2D eigenvalue weighted by Gasteiger charge is 2.19. The summed E-state index contributed by atoms with van der Waals surface area (Å²) in [4.78, 5) is 29.4. The lowest BCUT2D eigenvalue weighted by Crippen LogP contribution is -2.16. The molecular formula is C48H40N2O2. The molecule has 0 atom stereocenters. The molecule has 4 nitrogen and oxygen atoms in total. The minimum atomic E-state index is 0.00243. The summed E-state index contributed by atoms with van der Waals surface area (Å²) in [5, 5.41) is 7.40. The van der Waals surface area contributed by atoms with Crippen molar-refractivity contribution in [2.24, 2.45) is 0 Å². The molecule has 0 bridgehead atoms. The van der Waals surface area contributed by atoms with E-state index in [1.165, 1.54) is 10.8 Å². The van der Waals surface area contributed by atoms with Gasteiger partial charge in [-0.15, -0.1) is 0 Å². The van der Waals surface area contributed by atoms with Gasteiger partial charge >= 0.3 is 0 Å². The molecule has 0 unspecified atom stereocenters. The first-order valence-electron chi connectivity index (χ1n) is 18.6. The van der Waals surface area contributed by atoms with Crippen molar-refractivity contribution in [3.05, 3.63) is 154 Å². The minimum Gasteiger partial charge on any atom is -0.340 e. The summed E-state index contributed by atoms with van der Waals surface area (Å²) >= 11 is 0. The van der Waals surface area contributed by atoms with Crippen molar-refractivity contribution in [3.63, 3.8) is 0 Å². The molecule has 0 aliphatic rings. The summed E-state index contributed by atoms with van der Waals surface area (Å²) in [6, 6.07) is 46.1. The maximum absolute atomic E-state index is 14.7. The maximum Gasteiger partial charge on any atom is 0.197 e. The van der Waals surface area contributed by atoms with Gasteiger partial charge in [0.2, 0.25) is 0 Å². The highest BCUT2D eigenvalue weighted by atomic mass is 16.1. The maximum atomic E-state index is 14.7. The second kappa shape index (κ2) is 13.0. The number of hydrogen-bond acceptors (Lipinski definition) is 2. The van der Waals surface area contributed by atoms with Gasteiger partial charge < -0.3 is 9.13 Å². The zero-order chi connectivity index (χ0) is 35.3. The first kappa shape index (κ1) is 31.9. The highest BCUT2D eigenvalue weighted by molar-refractivity contribution is 6.06. The van der Waals surface area contributed by atoms with E-state index in [0.29, 0.717) is 21.5 Å². The Balaban J connectivity index is 1.33. The number of rotatable bonds is 8. The van der Waals surface area contributed by atoms with Crippen molar-refractivity contribution < 1.29 is 0 Å². The minimum absolute atomic E-state index is 0.00243. The van der Waals surface area contributed by atoms with Crippen LogP contribution in [-0.4, -0.2) is 9.13 Å². The molecule has 4 heteroatoms. The molecule has 2 aromatic heterocycles. The molecule has 52 heavy (non-hydrogen) atoms. The van der Waals surface area contributed by atoms with E-state index >= 15 is 0 Å². The van der Waals surface area contributed by atoms with Gasteiger partial charge in [0.25, 0.3) is 0 Å². The Kier molecular flexibility index (Phi) is 7.96. The van der Waals surface area contributed by atoms with E-state index in [-0.39, 0.29) is 10.9 Å². The molecule has 0 fully saturated rings. The predicted molar refractivity (Wildman–Crippen MR) is 221 cm³/mol. The van der Waals surface area contributed by atoms with Crippen LogP contribution in [-0.2, 0) is 13.1 Å². The lowest BCUT2D eigenvalue weighted by molar-refractivity contribution is 0.660. The predicted octanol–water partition coefficient (Wildman–Crippen LogP) is 11.9.